The molecule has 0 radical (unpaired) electrons. The monoisotopic (exact) mass is 680 g/mol. The minimum atomic E-state index is -5.05. The molecule has 1 aliphatic rings. The Morgan fingerprint density at radius 2 is 1.46 bits per heavy atom. The summed E-state index contributed by atoms with van der Waals surface area (Å²) in [5, 5.41) is 30.3. The number of aliphatic hydroxyl groups excluding tert-OH is 3. The van der Waals surface area contributed by atoms with Crippen LogP contribution in [0.5, 0.6) is 0 Å². The number of carbonyl (C=O) groups is 1. The maximum absolute atomic E-state index is 12.5. The molecule has 0 bridgehead atoms. The Kier molecular flexibility index (Phi) is 24.6. The van der Waals surface area contributed by atoms with E-state index in [0.717, 1.165) is 64.2 Å². The lowest BCUT2D eigenvalue weighted by Crippen LogP contribution is -2.60. The smallest absolute Gasteiger partial charge is 0.397 e. The third-order valence-corrected chi connectivity index (χ3v) is 8.04. The highest BCUT2D eigenvalue weighted by molar-refractivity contribution is 7.80. The second-order valence-corrected chi connectivity index (χ2v) is 12.8. The first-order valence-electron chi connectivity index (χ1n) is 17.1. The molecule has 1 heterocycles. The van der Waals surface area contributed by atoms with Crippen molar-refractivity contribution in [2.75, 3.05) is 26.4 Å². The molecular weight excluding hydrogens is 620 g/mol. The van der Waals surface area contributed by atoms with Crippen LogP contribution in [0.15, 0.2) is 24.3 Å². The summed E-state index contributed by atoms with van der Waals surface area (Å²) in [6.45, 7) is 3.75. The number of ether oxygens (including phenoxy) is 4. The molecule has 0 aromatic rings. The van der Waals surface area contributed by atoms with Gasteiger partial charge in [-0.1, -0.05) is 95.9 Å². The number of hydrogen-bond acceptors (Lipinski definition) is 11. The molecule has 1 fully saturated rings. The third kappa shape index (κ3) is 20.7. The van der Waals surface area contributed by atoms with Gasteiger partial charge in [0.05, 0.1) is 19.8 Å². The van der Waals surface area contributed by atoms with Gasteiger partial charge in [0.1, 0.15) is 30.5 Å². The van der Waals surface area contributed by atoms with Crippen LogP contribution in [0.4, 0.5) is 0 Å². The van der Waals surface area contributed by atoms with Gasteiger partial charge in [-0.05, 0) is 38.5 Å². The normalized spacial score (nSPS) is 23.0. The molecule has 4 N–H and O–H groups in total. The molecule has 6 atom stereocenters. The molecule has 1 rings (SSSR count). The zero-order valence-electron chi connectivity index (χ0n) is 27.9. The lowest BCUT2D eigenvalue weighted by atomic mass is 9.99. The van der Waals surface area contributed by atoms with E-state index < -0.39 is 59.8 Å². The van der Waals surface area contributed by atoms with Crippen LogP contribution in [0.25, 0.3) is 0 Å². The second kappa shape index (κ2) is 26.5. The van der Waals surface area contributed by atoms with Gasteiger partial charge in [0.25, 0.3) is 0 Å². The van der Waals surface area contributed by atoms with Crippen LogP contribution >= 0.6 is 0 Å². The van der Waals surface area contributed by atoms with Crippen LogP contribution in [-0.2, 0) is 38.3 Å². The van der Waals surface area contributed by atoms with Crippen LogP contribution in [0.3, 0.4) is 0 Å². The molecule has 13 heteroatoms. The number of carbonyl (C=O) groups excluding carboxylic acids is 1. The van der Waals surface area contributed by atoms with E-state index in [0.29, 0.717) is 13.0 Å². The van der Waals surface area contributed by atoms with Crippen molar-refractivity contribution in [3.63, 3.8) is 0 Å². The highest BCUT2D eigenvalue weighted by Crippen LogP contribution is 2.26. The Hall–Kier alpha value is -1.42. The van der Waals surface area contributed by atoms with Gasteiger partial charge in [0.2, 0.25) is 0 Å². The number of rotatable bonds is 28. The van der Waals surface area contributed by atoms with E-state index in [4.69, 9.17) is 23.5 Å². The van der Waals surface area contributed by atoms with Gasteiger partial charge in [-0.2, -0.15) is 8.42 Å². The number of unbranched alkanes of at least 4 members (excludes halogenated alkanes) is 11. The third-order valence-electron chi connectivity index (χ3n) is 7.58. The highest BCUT2D eigenvalue weighted by Gasteiger charge is 2.48. The molecule has 0 aromatic carbocycles. The van der Waals surface area contributed by atoms with Crippen LogP contribution in [0.2, 0.25) is 0 Å². The van der Waals surface area contributed by atoms with E-state index in [2.05, 4.69) is 42.3 Å². The van der Waals surface area contributed by atoms with E-state index in [1.165, 1.54) is 25.7 Å². The van der Waals surface area contributed by atoms with Crippen molar-refractivity contribution in [3.8, 4) is 0 Å². The molecular formula is C33H60O12S. The van der Waals surface area contributed by atoms with Gasteiger partial charge in [-0.15, -0.1) is 0 Å². The SMILES string of the molecule is CCCC/C=C\C/C=C\CCCCCCCCOCC(COC1OC(CO)C(O)C(OS(=O)(=O)O)C1O)OC(=O)CCCCCC. The summed E-state index contributed by atoms with van der Waals surface area (Å²) in [6, 6.07) is 0. The molecule has 1 aliphatic heterocycles. The first-order valence-corrected chi connectivity index (χ1v) is 18.5. The maximum atomic E-state index is 12.5. The summed E-state index contributed by atoms with van der Waals surface area (Å²) < 4.78 is 58.2. The van der Waals surface area contributed by atoms with Gasteiger partial charge in [0, 0.05) is 13.0 Å². The quantitative estimate of drug-likeness (QED) is 0.0379. The van der Waals surface area contributed by atoms with Crippen molar-refractivity contribution in [2.24, 2.45) is 0 Å². The van der Waals surface area contributed by atoms with Crippen molar-refractivity contribution >= 4 is 16.4 Å². The lowest BCUT2D eigenvalue weighted by Gasteiger charge is -2.41. The van der Waals surface area contributed by atoms with Crippen LogP contribution in [0.1, 0.15) is 117 Å². The number of hydrogen-bond donors (Lipinski definition) is 4. The predicted octanol–water partition coefficient (Wildman–Crippen LogP) is 4.95. The fourth-order valence-corrected chi connectivity index (χ4v) is 5.43. The van der Waals surface area contributed by atoms with Gasteiger partial charge in [0.15, 0.2) is 6.29 Å². The Morgan fingerprint density at radius 1 is 0.826 bits per heavy atom. The van der Waals surface area contributed by atoms with Crippen molar-refractivity contribution < 1.29 is 56.2 Å². The van der Waals surface area contributed by atoms with E-state index in [9.17, 15) is 28.5 Å². The van der Waals surface area contributed by atoms with E-state index >= 15 is 0 Å². The zero-order chi connectivity index (χ0) is 34.0. The second-order valence-electron chi connectivity index (χ2n) is 11.8. The predicted molar refractivity (Wildman–Crippen MR) is 174 cm³/mol. The average molecular weight is 681 g/mol. The summed E-state index contributed by atoms with van der Waals surface area (Å²) in [4.78, 5) is 12.5. The summed E-state index contributed by atoms with van der Waals surface area (Å²) in [5.74, 6) is -0.423. The van der Waals surface area contributed by atoms with Crippen molar-refractivity contribution in [3.05, 3.63) is 24.3 Å². The number of allylic oxidation sites excluding steroid dienone is 4. The fourth-order valence-electron chi connectivity index (χ4n) is 4.92. The molecule has 0 spiro atoms. The molecule has 12 nitrogen and oxygen atoms in total. The topological polar surface area (TPSA) is 178 Å². The van der Waals surface area contributed by atoms with Gasteiger partial charge in [-0.25, -0.2) is 4.18 Å². The molecule has 1 saturated heterocycles. The van der Waals surface area contributed by atoms with Crippen LogP contribution < -0.4 is 0 Å². The fraction of sp³-hybridized carbons (Fsp3) is 0.848. The standard InChI is InChI=1S/C33H60O12S/c1-3-5-7-9-10-11-12-13-14-15-16-17-18-19-21-23-41-25-27(43-29(35)22-20-8-6-4-2)26-42-33-31(37)32(45-46(38,39)40)30(36)28(24-34)44-33/h9-10,12-13,27-28,30-34,36-37H,3-8,11,14-26H2,1-2H3,(H,38,39,40)/b10-9-,13-12-. The lowest BCUT2D eigenvalue weighted by molar-refractivity contribution is -0.301. The first-order chi connectivity index (χ1) is 22.1. The molecule has 0 aliphatic carbocycles. The van der Waals surface area contributed by atoms with E-state index in [-0.39, 0.29) is 19.6 Å². The molecule has 270 valence electrons. The largest absolute Gasteiger partial charge is 0.457 e. The van der Waals surface area contributed by atoms with Gasteiger partial charge >= 0.3 is 16.4 Å². The minimum absolute atomic E-state index is 0.0284. The minimum Gasteiger partial charge on any atom is -0.457 e. The Bertz CT molecular complexity index is 926. The molecule has 0 aromatic heterocycles. The summed E-state index contributed by atoms with van der Waals surface area (Å²) in [7, 11) is -5.05. The molecule has 0 saturated carbocycles. The Labute approximate surface area is 276 Å². The average Bonchev–Trinajstić information content (AvgIpc) is 3.01. The van der Waals surface area contributed by atoms with Gasteiger partial charge < -0.3 is 34.3 Å². The zero-order valence-corrected chi connectivity index (χ0v) is 28.7. The van der Waals surface area contributed by atoms with Crippen molar-refractivity contribution in [1.82, 2.24) is 0 Å². The van der Waals surface area contributed by atoms with Crippen molar-refractivity contribution in [1.29, 1.82) is 0 Å². The molecule has 0 amide bonds. The number of aliphatic hydroxyl groups is 3. The van der Waals surface area contributed by atoms with Crippen molar-refractivity contribution in [2.45, 2.75) is 153 Å². The van der Waals surface area contributed by atoms with E-state index in [1.807, 2.05) is 0 Å². The van der Waals surface area contributed by atoms with Crippen LogP contribution in [-0.4, -0.2) is 97.5 Å². The highest BCUT2D eigenvalue weighted by atomic mass is 32.3. The summed E-state index contributed by atoms with van der Waals surface area (Å²) in [6.07, 6.45) is 15.8. The maximum Gasteiger partial charge on any atom is 0.397 e. The first kappa shape index (κ1) is 42.6. The molecule has 6 unspecified atom stereocenters. The Morgan fingerprint density at radius 3 is 2.11 bits per heavy atom. The van der Waals surface area contributed by atoms with Gasteiger partial charge in [-0.3, -0.25) is 9.35 Å². The van der Waals surface area contributed by atoms with Crippen LogP contribution in [0, 0.1) is 0 Å². The van der Waals surface area contributed by atoms with E-state index in [1.54, 1.807) is 0 Å². The Balaban J connectivity index is 2.46. The summed E-state index contributed by atoms with van der Waals surface area (Å²) >= 11 is 0. The number of esters is 1. The summed E-state index contributed by atoms with van der Waals surface area (Å²) in [5.41, 5.74) is 0. The molecule has 46 heavy (non-hydrogen) atoms.